The van der Waals surface area contributed by atoms with Crippen molar-refractivity contribution in [2.75, 3.05) is 7.11 Å². The lowest BCUT2D eigenvalue weighted by Crippen LogP contribution is -2.12. The highest BCUT2D eigenvalue weighted by molar-refractivity contribution is 6.05. The van der Waals surface area contributed by atoms with Crippen molar-refractivity contribution < 1.29 is 33.3 Å². The molecule has 50 heavy (non-hydrogen) atoms. The average molecular weight is 679 g/mol. The molecule has 0 fully saturated rings. The van der Waals surface area contributed by atoms with Gasteiger partial charge in [-0.3, -0.25) is 4.79 Å². The van der Waals surface area contributed by atoms with Crippen molar-refractivity contribution in [3.8, 4) is 22.3 Å². The molecule has 6 rings (SSSR count). The molecule has 2 heterocycles. The third kappa shape index (κ3) is 7.23. The van der Waals surface area contributed by atoms with Gasteiger partial charge in [-0.15, -0.1) is 0 Å². The monoisotopic (exact) mass is 678 g/mol. The average Bonchev–Trinajstić information content (AvgIpc) is 3.63. The van der Waals surface area contributed by atoms with Gasteiger partial charge < -0.3 is 24.1 Å². The summed E-state index contributed by atoms with van der Waals surface area (Å²) < 4.78 is 35.2. The van der Waals surface area contributed by atoms with E-state index in [0.29, 0.717) is 11.4 Å². The predicted octanol–water partition coefficient (Wildman–Crippen LogP) is 9.91. The Labute approximate surface area is 289 Å². The number of fused-ring (bicyclic) bond motifs is 2. The first kappa shape index (κ1) is 35.8. The molecule has 258 valence electrons. The number of rotatable bonds is 9. The summed E-state index contributed by atoms with van der Waals surface area (Å²) in [5, 5.41) is 23.1. The number of aliphatic hydroxyl groups excluding tert-OH is 2. The first-order chi connectivity index (χ1) is 24.0. The number of benzene rings is 4. The van der Waals surface area contributed by atoms with Gasteiger partial charge in [0, 0.05) is 51.4 Å². The van der Waals surface area contributed by atoms with Crippen LogP contribution in [0.25, 0.3) is 44.1 Å². The normalized spacial score (nSPS) is 12.3. The summed E-state index contributed by atoms with van der Waals surface area (Å²) in [5.41, 5.74) is 6.43. The summed E-state index contributed by atoms with van der Waals surface area (Å²) in [6.45, 7) is 8.10. The third-order valence-corrected chi connectivity index (χ3v) is 8.51. The smallest absolute Gasteiger partial charge is 0.333 e. The maximum absolute atomic E-state index is 13.5. The van der Waals surface area contributed by atoms with Crippen molar-refractivity contribution in [2.24, 2.45) is 0 Å². The standard InChI is InChI=1S/C23H24FNO4.C18H16FNO/c1-14(2)25-19-7-5-4-6-18(19)22(15-8-10-16(24)11-9-15)23(25)20(27)12-17(26)13-21(28)29-3;1-12(2)20-16-6-4-3-5-15(16)18(17(20)11-21)13-7-9-14(19)10-8-13/h4-11,13-14,20,26-27H,12H2,1-3H3;3-12H,1-2H3/b17-13-;. The van der Waals surface area contributed by atoms with E-state index in [1.165, 1.54) is 31.4 Å². The molecule has 4 aromatic carbocycles. The van der Waals surface area contributed by atoms with Crippen LogP contribution in [0.5, 0.6) is 0 Å². The van der Waals surface area contributed by atoms with Gasteiger partial charge in [-0.05, 0) is 75.2 Å². The van der Waals surface area contributed by atoms with E-state index in [1.54, 1.807) is 24.3 Å². The molecule has 2 N–H and O–H groups in total. The Morgan fingerprint density at radius 2 is 1.20 bits per heavy atom. The molecule has 0 amide bonds. The molecule has 1 atom stereocenters. The van der Waals surface area contributed by atoms with Gasteiger partial charge in [0.05, 0.1) is 24.6 Å². The van der Waals surface area contributed by atoms with Crippen LogP contribution in [-0.4, -0.2) is 38.7 Å². The molecule has 0 radical (unpaired) electrons. The molecule has 7 nitrogen and oxygen atoms in total. The zero-order valence-corrected chi connectivity index (χ0v) is 28.6. The molecule has 9 heteroatoms. The molecule has 1 unspecified atom stereocenters. The first-order valence-corrected chi connectivity index (χ1v) is 16.3. The molecule has 6 aromatic rings. The number of hydrogen-bond donors (Lipinski definition) is 2. The fourth-order valence-electron chi connectivity index (χ4n) is 6.51. The van der Waals surface area contributed by atoms with Gasteiger partial charge in [0.15, 0.2) is 6.29 Å². The maximum atomic E-state index is 13.5. The Morgan fingerprint density at radius 1 is 0.740 bits per heavy atom. The van der Waals surface area contributed by atoms with Crippen LogP contribution in [0.4, 0.5) is 8.78 Å². The number of hydrogen-bond acceptors (Lipinski definition) is 5. The molecule has 0 saturated carbocycles. The maximum Gasteiger partial charge on any atom is 0.333 e. The topological polar surface area (TPSA) is 93.7 Å². The van der Waals surface area contributed by atoms with E-state index in [-0.39, 0.29) is 35.9 Å². The Kier molecular flexibility index (Phi) is 11.0. The van der Waals surface area contributed by atoms with Gasteiger partial charge >= 0.3 is 5.97 Å². The summed E-state index contributed by atoms with van der Waals surface area (Å²) in [7, 11) is 1.21. The molecule has 2 aromatic heterocycles. The van der Waals surface area contributed by atoms with Gasteiger partial charge in [-0.1, -0.05) is 60.7 Å². The van der Waals surface area contributed by atoms with E-state index >= 15 is 0 Å². The number of methoxy groups -OCH3 is 1. The fourth-order valence-corrected chi connectivity index (χ4v) is 6.51. The van der Waals surface area contributed by atoms with Gasteiger partial charge in [0.25, 0.3) is 0 Å². The number of carbonyl (C=O) groups is 2. The van der Waals surface area contributed by atoms with Crippen molar-refractivity contribution in [1.82, 2.24) is 9.13 Å². The highest BCUT2D eigenvalue weighted by Crippen LogP contribution is 2.41. The van der Waals surface area contributed by atoms with E-state index in [0.717, 1.165) is 56.4 Å². The zero-order valence-electron chi connectivity index (χ0n) is 28.6. The van der Waals surface area contributed by atoms with Gasteiger partial charge in [-0.2, -0.15) is 0 Å². The van der Waals surface area contributed by atoms with E-state index < -0.39 is 12.1 Å². The van der Waals surface area contributed by atoms with Crippen LogP contribution in [0.15, 0.2) is 109 Å². The summed E-state index contributed by atoms with van der Waals surface area (Å²) in [6, 6.07) is 28.2. The second-order valence-electron chi connectivity index (χ2n) is 12.5. The number of para-hydroxylation sites is 2. The lowest BCUT2D eigenvalue weighted by atomic mass is 9.98. The lowest BCUT2D eigenvalue weighted by Gasteiger charge is -2.20. The number of aromatic nitrogens is 2. The van der Waals surface area contributed by atoms with E-state index in [9.17, 15) is 28.6 Å². The Hall–Kier alpha value is -5.54. The van der Waals surface area contributed by atoms with Crippen molar-refractivity contribution in [3.05, 3.63) is 132 Å². The number of aliphatic hydroxyl groups is 2. The van der Waals surface area contributed by atoms with Crippen molar-refractivity contribution in [1.29, 1.82) is 0 Å². The highest BCUT2D eigenvalue weighted by Gasteiger charge is 2.26. The fraction of sp³-hybridized carbons (Fsp3) is 0.220. The minimum atomic E-state index is -1.09. The van der Waals surface area contributed by atoms with Crippen molar-refractivity contribution in [2.45, 2.75) is 52.3 Å². The molecule has 0 saturated heterocycles. The number of aldehydes is 1. The third-order valence-electron chi connectivity index (χ3n) is 8.51. The second-order valence-corrected chi connectivity index (χ2v) is 12.5. The highest BCUT2D eigenvalue weighted by atomic mass is 19.1. The summed E-state index contributed by atoms with van der Waals surface area (Å²) >= 11 is 0. The molecule has 0 aliphatic rings. The van der Waals surface area contributed by atoms with Crippen LogP contribution in [0, 0.1) is 11.6 Å². The summed E-state index contributed by atoms with van der Waals surface area (Å²) in [4.78, 5) is 23.1. The summed E-state index contributed by atoms with van der Waals surface area (Å²) in [5.74, 6) is -1.60. The van der Waals surface area contributed by atoms with E-state index in [2.05, 4.69) is 4.74 Å². The number of ether oxygens (including phenoxy) is 1. The molecule has 0 spiro atoms. The lowest BCUT2D eigenvalue weighted by molar-refractivity contribution is -0.135. The van der Waals surface area contributed by atoms with Crippen LogP contribution in [0.2, 0.25) is 0 Å². The zero-order chi connectivity index (χ0) is 36.1. The molecular formula is C41H40F2N2O5. The molecular weight excluding hydrogens is 638 g/mol. The largest absolute Gasteiger partial charge is 0.512 e. The minimum Gasteiger partial charge on any atom is -0.512 e. The number of carbonyl (C=O) groups excluding carboxylic acids is 2. The van der Waals surface area contributed by atoms with Crippen LogP contribution in [-0.2, 0) is 9.53 Å². The Morgan fingerprint density at radius 3 is 1.68 bits per heavy atom. The minimum absolute atomic E-state index is 0.0190. The van der Waals surface area contributed by atoms with Crippen LogP contribution < -0.4 is 0 Å². The van der Waals surface area contributed by atoms with Gasteiger partial charge in [0.1, 0.15) is 23.5 Å². The van der Waals surface area contributed by atoms with E-state index in [4.69, 9.17) is 0 Å². The SMILES string of the molecule is CC(C)n1c(C=O)c(-c2ccc(F)cc2)c2ccccc21.COC(=O)/C=C(\O)CC(O)c1c(-c2ccc(F)cc2)c2ccccc2n1C(C)C. The van der Waals surface area contributed by atoms with Crippen molar-refractivity contribution >= 4 is 34.1 Å². The van der Waals surface area contributed by atoms with Crippen LogP contribution >= 0.6 is 0 Å². The second kappa shape index (κ2) is 15.3. The number of esters is 1. The van der Waals surface area contributed by atoms with Gasteiger partial charge in [-0.25, -0.2) is 13.6 Å². The number of halogens is 2. The van der Waals surface area contributed by atoms with Crippen LogP contribution in [0.1, 0.15) is 68.5 Å². The van der Waals surface area contributed by atoms with Gasteiger partial charge in [0.2, 0.25) is 0 Å². The van der Waals surface area contributed by atoms with E-state index in [1.807, 2.05) is 85.4 Å². The van der Waals surface area contributed by atoms with Crippen LogP contribution in [0.3, 0.4) is 0 Å². The quantitative estimate of drug-likeness (QED) is 0.0687. The Balaban J connectivity index is 0.000000204. The molecule has 0 aliphatic heterocycles. The molecule has 0 aliphatic carbocycles. The predicted molar refractivity (Wildman–Crippen MR) is 193 cm³/mol. The van der Waals surface area contributed by atoms with Crippen molar-refractivity contribution in [3.63, 3.8) is 0 Å². The summed E-state index contributed by atoms with van der Waals surface area (Å²) in [6.07, 6.45) is 0.583. The number of nitrogens with zero attached hydrogens (tertiary/aromatic N) is 2. The Bertz CT molecular complexity index is 2160. The first-order valence-electron chi connectivity index (χ1n) is 16.3. The molecule has 0 bridgehead atoms.